The first kappa shape index (κ1) is 17.1. The Hall–Kier alpha value is -0.970. The fourth-order valence-electron chi connectivity index (χ4n) is 2.72. The summed E-state index contributed by atoms with van der Waals surface area (Å²) in [4.78, 5) is 12.1. The third-order valence-corrected chi connectivity index (χ3v) is 5.38. The summed E-state index contributed by atoms with van der Waals surface area (Å²) >= 11 is 0. The van der Waals surface area contributed by atoms with E-state index in [-0.39, 0.29) is 34.0 Å². The van der Waals surface area contributed by atoms with E-state index < -0.39 is 10.8 Å². The van der Waals surface area contributed by atoms with Crippen molar-refractivity contribution in [1.29, 1.82) is 5.41 Å². The number of nitrogens with one attached hydrogen (secondary N) is 1. The molecule has 1 aliphatic rings. The van der Waals surface area contributed by atoms with E-state index in [9.17, 15) is 14.1 Å². The van der Waals surface area contributed by atoms with E-state index in [1.807, 2.05) is 20.8 Å². The normalized spacial score (nSPS) is 22.8. The lowest BCUT2D eigenvalue weighted by Gasteiger charge is -2.25. The van der Waals surface area contributed by atoms with Gasteiger partial charge in [0.25, 0.3) is 0 Å². The van der Waals surface area contributed by atoms with Gasteiger partial charge in [-0.15, -0.1) is 0 Å². The van der Waals surface area contributed by atoms with Crippen molar-refractivity contribution in [2.45, 2.75) is 58.1 Å². The maximum Gasteiger partial charge on any atom is 0.168 e. The Labute approximate surface area is 123 Å². The van der Waals surface area contributed by atoms with Crippen LogP contribution in [-0.4, -0.2) is 31.8 Å². The lowest BCUT2D eigenvalue weighted by Crippen LogP contribution is -2.27. The van der Waals surface area contributed by atoms with Crippen LogP contribution in [-0.2, 0) is 15.6 Å². The summed E-state index contributed by atoms with van der Waals surface area (Å²) in [6, 6.07) is 0. The van der Waals surface area contributed by atoms with E-state index in [1.54, 1.807) is 0 Å². The third kappa shape index (κ3) is 4.27. The maximum absolute atomic E-state index is 12.1. The summed E-state index contributed by atoms with van der Waals surface area (Å²) in [5.74, 6) is 0.591. The molecule has 0 aromatic carbocycles. The van der Waals surface area contributed by atoms with Gasteiger partial charge in [-0.1, -0.05) is 27.2 Å². The van der Waals surface area contributed by atoms with E-state index in [0.717, 1.165) is 6.42 Å². The number of allylic oxidation sites excluding steroid dienone is 2. The number of ketones is 1. The van der Waals surface area contributed by atoms with E-state index in [1.165, 1.54) is 0 Å². The molecule has 5 heteroatoms. The van der Waals surface area contributed by atoms with Crippen LogP contribution in [0.25, 0.3) is 0 Å². The molecule has 0 heterocycles. The molecular weight excluding hydrogens is 274 g/mol. The van der Waals surface area contributed by atoms with Gasteiger partial charge in [0.2, 0.25) is 0 Å². The van der Waals surface area contributed by atoms with Crippen molar-refractivity contribution >= 4 is 22.3 Å². The van der Waals surface area contributed by atoms with Crippen molar-refractivity contribution in [2.75, 3.05) is 5.75 Å². The van der Waals surface area contributed by atoms with Crippen molar-refractivity contribution in [3.8, 4) is 0 Å². The molecule has 0 spiro atoms. The molecule has 0 radical (unpaired) electrons. The molecule has 20 heavy (non-hydrogen) atoms. The molecule has 0 aromatic rings. The minimum absolute atomic E-state index is 0.0437. The first-order valence-corrected chi connectivity index (χ1v) is 8.69. The molecule has 0 saturated heterocycles. The molecule has 2 N–H and O–H groups in total. The van der Waals surface area contributed by atoms with Crippen LogP contribution < -0.4 is 0 Å². The fourth-order valence-corrected chi connectivity index (χ4v) is 3.77. The van der Waals surface area contributed by atoms with Crippen LogP contribution in [0.4, 0.5) is 0 Å². The summed E-state index contributed by atoms with van der Waals surface area (Å²) in [7, 11) is -0.868. The SMILES string of the molecule is CCCC(=N)C1=C(O)CC(CC(C)S(=O)CC)CC1=O. The zero-order chi connectivity index (χ0) is 15.3. The maximum atomic E-state index is 12.1. The molecular formula is C15H25NO3S. The van der Waals surface area contributed by atoms with Crippen LogP contribution in [0.15, 0.2) is 11.3 Å². The van der Waals surface area contributed by atoms with Crippen LogP contribution in [0.5, 0.6) is 0 Å². The molecule has 0 amide bonds. The van der Waals surface area contributed by atoms with Crippen LogP contribution in [0, 0.1) is 11.3 Å². The van der Waals surface area contributed by atoms with E-state index >= 15 is 0 Å². The van der Waals surface area contributed by atoms with Crippen molar-refractivity contribution in [2.24, 2.45) is 5.92 Å². The van der Waals surface area contributed by atoms with Gasteiger partial charge >= 0.3 is 0 Å². The molecule has 3 atom stereocenters. The molecule has 0 bridgehead atoms. The smallest absolute Gasteiger partial charge is 0.168 e. The van der Waals surface area contributed by atoms with Gasteiger partial charge in [0.15, 0.2) is 5.78 Å². The lowest BCUT2D eigenvalue weighted by molar-refractivity contribution is -0.116. The Morgan fingerprint density at radius 1 is 1.45 bits per heavy atom. The molecule has 4 nitrogen and oxygen atoms in total. The predicted molar refractivity (Wildman–Crippen MR) is 82.8 cm³/mol. The van der Waals surface area contributed by atoms with E-state index in [0.29, 0.717) is 31.4 Å². The van der Waals surface area contributed by atoms with Gasteiger partial charge in [0, 0.05) is 40.4 Å². The van der Waals surface area contributed by atoms with Gasteiger partial charge in [0.05, 0.1) is 5.57 Å². The highest BCUT2D eigenvalue weighted by atomic mass is 32.2. The Morgan fingerprint density at radius 3 is 2.60 bits per heavy atom. The van der Waals surface area contributed by atoms with Crippen LogP contribution in [0.2, 0.25) is 0 Å². The van der Waals surface area contributed by atoms with Crippen molar-refractivity contribution < 1.29 is 14.1 Å². The van der Waals surface area contributed by atoms with Crippen molar-refractivity contribution in [3.05, 3.63) is 11.3 Å². The molecule has 114 valence electrons. The minimum Gasteiger partial charge on any atom is -0.511 e. The zero-order valence-electron chi connectivity index (χ0n) is 12.6. The highest BCUT2D eigenvalue weighted by Crippen LogP contribution is 2.30. The second-order valence-corrected chi connectivity index (χ2v) is 7.61. The first-order valence-electron chi connectivity index (χ1n) is 7.30. The number of carbonyl (C=O) groups is 1. The number of hydrogen-bond donors (Lipinski definition) is 2. The number of hydrogen-bond acceptors (Lipinski definition) is 4. The Balaban J connectivity index is 2.75. The topological polar surface area (TPSA) is 78.2 Å². The molecule has 0 aromatic heterocycles. The third-order valence-electron chi connectivity index (χ3n) is 3.72. The number of carbonyl (C=O) groups excluding carboxylic acids is 1. The monoisotopic (exact) mass is 299 g/mol. The number of Topliss-reactive ketones (excluding diaryl/α,β-unsaturated/α-hetero) is 1. The Morgan fingerprint density at radius 2 is 2.10 bits per heavy atom. The molecule has 1 rings (SSSR count). The van der Waals surface area contributed by atoms with Crippen LogP contribution in [0.3, 0.4) is 0 Å². The van der Waals surface area contributed by atoms with Gasteiger partial charge in [0.1, 0.15) is 5.76 Å². The molecule has 0 fully saturated rings. The zero-order valence-corrected chi connectivity index (χ0v) is 13.4. The summed E-state index contributed by atoms with van der Waals surface area (Å²) < 4.78 is 11.7. The summed E-state index contributed by atoms with van der Waals surface area (Å²) in [6.07, 6.45) is 2.78. The number of aliphatic hydroxyl groups excluding tert-OH is 1. The van der Waals surface area contributed by atoms with E-state index in [4.69, 9.17) is 5.41 Å². The first-order chi connectivity index (χ1) is 9.40. The second kappa shape index (κ2) is 7.72. The summed E-state index contributed by atoms with van der Waals surface area (Å²) in [5, 5.41) is 18.0. The second-order valence-electron chi connectivity index (χ2n) is 5.46. The number of aliphatic hydroxyl groups is 1. The summed E-state index contributed by atoms with van der Waals surface area (Å²) in [6.45, 7) is 5.77. The fraction of sp³-hybridized carbons (Fsp3) is 0.733. The van der Waals surface area contributed by atoms with Crippen molar-refractivity contribution in [3.63, 3.8) is 0 Å². The Bertz CT molecular complexity index is 442. The van der Waals surface area contributed by atoms with Gasteiger partial charge in [-0.3, -0.25) is 9.00 Å². The highest BCUT2D eigenvalue weighted by molar-refractivity contribution is 7.85. The molecule has 0 aliphatic heterocycles. The van der Waals surface area contributed by atoms with Crippen LogP contribution >= 0.6 is 0 Å². The quantitative estimate of drug-likeness (QED) is 0.709. The highest BCUT2D eigenvalue weighted by Gasteiger charge is 2.31. The average Bonchev–Trinajstić information content (AvgIpc) is 2.37. The van der Waals surface area contributed by atoms with Gasteiger partial charge in [-0.2, -0.15) is 0 Å². The van der Waals surface area contributed by atoms with Crippen LogP contribution in [0.1, 0.15) is 52.9 Å². The minimum atomic E-state index is -0.868. The van der Waals surface area contributed by atoms with Gasteiger partial charge in [-0.25, -0.2) is 0 Å². The van der Waals surface area contributed by atoms with Gasteiger partial charge in [-0.05, 0) is 18.8 Å². The van der Waals surface area contributed by atoms with E-state index in [2.05, 4.69) is 0 Å². The van der Waals surface area contributed by atoms with Crippen molar-refractivity contribution in [1.82, 2.24) is 0 Å². The largest absolute Gasteiger partial charge is 0.511 e. The lowest BCUT2D eigenvalue weighted by atomic mass is 9.82. The molecule has 0 saturated carbocycles. The summed E-state index contributed by atoms with van der Waals surface area (Å²) in [5.41, 5.74) is 0.478. The average molecular weight is 299 g/mol. The Kier molecular flexibility index (Phi) is 6.59. The van der Waals surface area contributed by atoms with Gasteiger partial charge < -0.3 is 10.5 Å². The molecule has 3 unspecified atom stereocenters. The predicted octanol–water partition coefficient (Wildman–Crippen LogP) is 3.14. The number of rotatable bonds is 7. The standard InChI is InChI=1S/C15H25NO3S/c1-4-6-12(16)15-13(17)8-11(9-14(15)18)7-10(3)20(19)5-2/h10-11,16-17H,4-9H2,1-3H3. The molecule has 1 aliphatic carbocycles.